The first kappa shape index (κ1) is 12.0. The van der Waals surface area contributed by atoms with Gasteiger partial charge >= 0.3 is 0 Å². The van der Waals surface area contributed by atoms with Gasteiger partial charge in [-0.1, -0.05) is 25.4 Å². The molecule has 0 fully saturated rings. The Kier molecular flexibility index (Phi) is 3.38. The summed E-state index contributed by atoms with van der Waals surface area (Å²) in [6.45, 7) is 4.96. The minimum absolute atomic E-state index is 0.394. The van der Waals surface area contributed by atoms with Crippen molar-refractivity contribution in [3.05, 3.63) is 47.0 Å². The number of hydrogen-bond donors (Lipinski definition) is 1. The molecule has 2 N–H and O–H groups in total. The Morgan fingerprint density at radius 2 is 2.18 bits per heavy atom. The van der Waals surface area contributed by atoms with Gasteiger partial charge < -0.3 is 10.3 Å². The SMILES string of the molecule is CC(C)c1nccn1Cc1cc(Cl)ccc1N. The molecule has 4 heteroatoms. The topological polar surface area (TPSA) is 43.8 Å². The number of nitrogens with two attached hydrogens (primary N) is 1. The van der Waals surface area contributed by atoms with E-state index in [9.17, 15) is 0 Å². The molecule has 1 heterocycles. The van der Waals surface area contributed by atoms with Crippen LogP contribution in [0.5, 0.6) is 0 Å². The van der Waals surface area contributed by atoms with Crippen molar-refractivity contribution in [3.8, 4) is 0 Å². The maximum Gasteiger partial charge on any atom is 0.111 e. The standard InChI is InChI=1S/C13H16ClN3/c1-9(2)13-16-5-6-17(13)8-10-7-11(14)3-4-12(10)15/h3-7,9H,8,15H2,1-2H3. The molecule has 0 saturated heterocycles. The average Bonchev–Trinajstić information content (AvgIpc) is 2.71. The first-order valence-corrected chi connectivity index (χ1v) is 6.00. The minimum Gasteiger partial charge on any atom is -0.398 e. The smallest absolute Gasteiger partial charge is 0.111 e. The van der Waals surface area contributed by atoms with Gasteiger partial charge in [-0.2, -0.15) is 0 Å². The Bertz CT molecular complexity index is 517. The second-order valence-corrected chi connectivity index (χ2v) is 4.85. The Balaban J connectivity index is 2.31. The molecule has 0 aliphatic rings. The Morgan fingerprint density at radius 1 is 1.41 bits per heavy atom. The first-order chi connectivity index (χ1) is 8.08. The lowest BCUT2D eigenvalue weighted by atomic mass is 10.1. The first-order valence-electron chi connectivity index (χ1n) is 5.63. The van der Waals surface area contributed by atoms with Gasteiger partial charge in [0.25, 0.3) is 0 Å². The van der Waals surface area contributed by atoms with E-state index in [-0.39, 0.29) is 0 Å². The van der Waals surface area contributed by atoms with Crippen molar-refractivity contribution in [1.29, 1.82) is 0 Å². The molecule has 17 heavy (non-hydrogen) atoms. The van der Waals surface area contributed by atoms with Crippen LogP contribution < -0.4 is 5.73 Å². The van der Waals surface area contributed by atoms with Crippen LogP contribution in [0.25, 0.3) is 0 Å². The van der Waals surface area contributed by atoms with E-state index in [1.807, 2.05) is 24.5 Å². The summed E-state index contributed by atoms with van der Waals surface area (Å²) >= 11 is 5.98. The summed E-state index contributed by atoms with van der Waals surface area (Å²) in [6, 6.07) is 5.54. The van der Waals surface area contributed by atoms with Crippen LogP contribution in [-0.4, -0.2) is 9.55 Å². The van der Waals surface area contributed by atoms with Gasteiger partial charge in [0.1, 0.15) is 5.82 Å². The van der Waals surface area contributed by atoms with Gasteiger partial charge in [0.2, 0.25) is 0 Å². The van der Waals surface area contributed by atoms with E-state index >= 15 is 0 Å². The van der Waals surface area contributed by atoms with E-state index in [0.717, 1.165) is 17.1 Å². The minimum atomic E-state index is 0.394. The lowest BCUT2D eigenvalue weighted by Crippen LogP contribution is -2.07. The zero-order valence-electron chi connectivity index (χ0n) is 10.0. The molecule has 0 radical (unpaired) electrons. The van der Waals surface area contributed by atoms with Crippen molar-refractivity contribution >= 4 is 17.3 Å². The lowest BCUT2D eigenvalue weighted by Gasteiger charge is -2.12. The highest BCUT2D eigenvalue weighted by Crippen LogP contribution is 2.21. The number of hydrogen-bond acceptors (Lipinski definition) is 2. The normalized spacial score (nSPS) is 11.1. The molecule has 0 atom stereocenters. The fraction of sp³-hybridized carbons (Fsp3) is 0.308. The third-order valence-electron chi connectivity index (χ3n) is 2.71. The van der Waals surface area contributed by atoms with Crippen LogP contribution in [0.3, 0.4) is 0 Å². The predicted molar refractivity (Wildman–Crippen MR) is 71.3 cm³/mol. The second-order valence-electron chi connectivity index (χ2n) is 4.41. The highest BCUT2D eigenvalue weighted by molar-refractivity contribution is 6.30. The van der Waals surface area contributed by atoms with Crippen LogP contribution in [0.2, 0.25) is 5.02 Å². The molecule has 0 aliphatic carbocycles. The van der Waals surface area contributed by atoms with Crippen molar-refractivity contribution in [2.45, 2.75) is 26.3 Å². The molecule has 2 rings (SSSR count). The molecule has 0 aliphatic heterocycles. The molecule has 2 aromatic rings. The number of imidazole rings is 1. The lowest BCUT2D eigenvalue weighted by molar-refractivity contribution is 0.670. The number of anilines is 1. The Hall–Kier alpha value is -1.48. The Labute approximate surface area is 106 Å². The summed E-state index contributed by atoms with van der Waals surface area (Å²) < 4.78 is 2.10. The molecule has 3 nitrogen and oxygen atoms in total. The number of benzene rings is 1. The zero-order chi connectivity index (χ0) is 12.4. The molecular formula is C13H16ClN3. The molecule has 1 aromatic carbocycles. The van der Waals surface area contributed by atoms with Gasteiger partial charge in [-0.3, -0.25) is 0 Å². The van der Waals surface area contributed by atoms with Gasteiger partial charge in [-0.05, 0) is 23.8 Å². The predicted octanol–water partition coefficient (Wildman–Crippen LogP) is 3.29. The van der Waals surface area contributed by atoms with E-state index in [0.29, 0.717) is 17.5 Å². The third kappa shape index (κ3) is 2.61. The summed E-state index contributed by atoms with van der Waals surface area (Å²) in [7, 11) is 0. The van der Waals surface area contributed by atoms with E-state index in [1.54, 1.807) is 6.07 Å². The van der Waals surface area contributed by atoms with Crippen molar-refractivity contribution in [3.63, 3.8) is 0 Å². The number of nitrogen functional groups attached to an aromatic ring is 1. The molecule has 90 valence electrons. The van der Waals surface area contributed by atoms with Gasteiger partial charge in [0.05, 0.1) is 6.54 Å². The molecular weight excluding hydrogens is 234 g/mol. The van der Waals surface area contributed by atoms with Gasteiger partial charge in [0, 0.05) is 29.0 Å². The third-order valence-corrected chi connectivity index (χ3v) is 2.94. The van der Waals surface area contributed by atoms with Crippen LogP contribution in [0.1, 0.15) is 31.2 Å². The molecule has 0 unspecified atom stereocenters. The Morgan fingerprint density at radius 3 is 2.88 bits per heavy atom. The molecule has 0 saturated carbocycles. The van der Waals surface area contributed by atoms with Crippen LogP contribution >= 0.6 is 11.6 Å². The van der Waals surface area contributed by atoms with Gasteiger partial charge in [-0.15, -0.1) is 0 Å². The summed E-state index contributed by atoms with van der Waals surface area (Å²) in [5.74, 6) is 1.45. The molecule has 0 amide bonds. The monoisotopic (exact) mass is 249 g/mol. The molecule has 0 bridgehead atoms. The zero-order valence-corrected chi connectivity index (χ0v) is 10.8. The summed E-state index contributed by atoms with van der Waals surface area (Å²) in [5.41, 5.74) is 7.73. The van der Waals surface area contributed by atoms with Crippen molar-refractivity contribution in [2.75, 3.05) is 5.73 Å². The van der Waals surface area contributed by atoms with Gasteiger partial charge in [0.15, 0.2) is 0 Å². The maximum absolute atomic E-state index is 5.98. The van der Waals surface area contributed by atoms with Crippen molar-refractivity contribution in [2.24, 2.45) is 0 Å². The van der Waals surface area contributed by atoms with E-state index in [4.69, 9.17) is 17.3 Å². The van der Waals surface area contributed by atoms with E-state index in [1.165, 1.54) is 0 Å². The van der Waals surface area contributed by atoms with Crippen LogP contribution in [-0.2, 0) is 6.54 Å². The average molecular weight is 250 g/mol. The quantitative estimate of drug-likeness (QED) is 0.849. The summed E-state index contributed by atoms with van der Waals surface area (Å²) in [5, 5.41) is 0.709. The number of aromatic nitrogens is 2. The van der Waals surface area contributed by atoms with Crippen molar-refractivity contribution in [1.82, 2.24) is 9.55 Å². The van der Waals surface area contributed by atoms with Crippen LogP contribution in [0, 0.1) is 0 Å². The number of nitrogens with zero attached hydrogens (tertiary/aromatic N) is 2. The van der Waals surface area contributed by atoms with Crippen LogP contribution in [0.15, 0.2) is 30.6 Å². The highest BCUT2D eigenvalue weighted by Gasteiger charge is 2.09. The fourth-order valence-electron chi connectivity index (χ4n) is 1.85. The van der Waals surface area contributed by atoms with E-state index < -0.39 is 0 Å². The highest BCUT2D eigenvalue weighted by atomic mass is 35.5. The number of rotatable bonds is 3. The summed E-state index contributed by atoms with van der Waals surface area (Å²) in [4.78, 5) is 4.35. The van der Waals surface area contributed by atoms with Crippen LogP contribution in [0.4, 0.5) is 5.69 Å². The van der Waals surface area contributed by atoms with Crippen molar-refractivity contribution < 1.29 is 0 Å². The van der Waals surface area contributed by atoms with E-state index in [2.05, 4.69) is 23.4 Å². The largest absolute Gasteiger partial charge is 0.398 e. The summed E-state index contributed by atoms with van der Waals surface area (Å²) in [6.07, 6.45) is 3.78. The molecule has 0 spiro atoms. The second kappa shape index (κ2) is 4.80. The van der Waals surface area contributed by atoms with Gasteiger partial charge in [-0.25, -0.2) is 4.98 Å². The molecule has 1 aromatic heterocycles. The number of halogens is 1. The fourth-order valence-corrected chi connectivity index (χ4v) is 2.04. The maximum atomic E-state index is 5.98.